The molecule has 0 heterocycles. The first-order chi connectivity index (χ1) is 4.18. The third-order valence-electron chi connectivity index (χ3n) is 0.864. The monoisotopic (exact) mass is 170 g/mol. The summed E-state index contributed by atoms with van der Waals surface area (Å²) in [5.74, 6) is 3.59. The van der Waals surface area contributed by atoms with Crippen molar-refractivity contribution in [1.29, 1.82) is 0 Å². The highest BCUT2D eigenvalue weighted by Gasteiger charge is 2.09. The molecule has 0 saturated carbocycles. The van der Waals surface area contributed by atoms with Gasteiger partial charge in [-0.15, -0.1) is 12.4 Å². The van der Waals surface area contributed by atoms with Crippen LogP contribution in [0, 0.1) is 0 Å². The highest BCUT2D eigenvalue weighted by atomic mass is 35.5. The van der Waals surface area contributed by atoms with Crippen molar-refractivity contribution in [1.82, 2.24) is 0 Å². The largest absolute Gasteiger partial charge is 0.480 e. The molecule has 0 aromatic heterocycles. The van der Waals surface area contributed by atoms with Gasteiger partial charge in [-0.2, -0.15) is 0 Å². The van der Waals surface area contributed by atoms with Crippen molar-refractivity contribution < 1.29 is 14.7 Å². The molecule has 6 heteroatoms. The molecule has 0 aromatic rings. The molecule has 5 N–H and O–H groups in total. The van der Waals surface area contributed by atoms with Gasteiger partial charge in [0.15, 0.2) is 0 Å². The van der Waals surface area contributed by atoms with Gasteiger partial charge in [0.05, 0.1) is 6.61 Å². The smallest absolute Gasteiger partial charge is 0.320 e. The molecular weight excluding hydrogens is 160 g/mol. The first kappa shape index (κ1) is 12.3. The van der Waals surface area contributed by atoms with E-state index in [-0.39, 0.29) is 25.4 Å². The average Bonchev–Trinajstić information content (AvgIpc) is 1.82. The van der Waals surface area contributed by atoms with E-state index >= 15 is 0 Å². The maximum Gasteiger partial charge on any atom is 0.320 e. The first-order valence-corrected chi connectivity index (χ1v) is 2.48. The molecule has 0 fully saturated rings. The Labute approximate surface area is 64.7 Å². The number of nitrogens with two attached hydrogens (primary N) is 2. The molecule has 62 valence electrons. The molecule has 0 amide bonds. The van der Waals surface area contributed by atoms with Crippen LogP contribution in [0.2, 0.25) is 0 Å². The molecule has 0 aromatic carbocycles. The van der Waals surface area contributed by atoms with Crippen LogP contribution >= 0.6 is 12.4 Å². The number of halogens is 1. The Morgan fingerprint density at radius 3 is 2.50 bits per heavy atom. The fourth-order valence-electron chi connectivity index (χ4n) is 0.318. The minimum Gasteiger partial charge on any atom is -0.480 e. The lowest BCUT2D eigenvalue weighted by Gasteiger charge is -2.02. The summed E-state index contributed by atoms with van der Waals surface area (Å²) in [6, 6.07) is -0.867. The highest BCUT2D eigenvalue weighted by Crippen LogP contribution is 1.85. The van der Waals surface area contributed by atoms with Crippen LogP contribution in [0.1, 0.15) is 6.42 Å². The Bertz CT molecular complexity index is 101. The fourth-order valence-corrected chi connectivity index (χ4v) is 0.318. The standard InChI is InChI=1S/C4H10N2O3.ClH/c5-3(4(7)8)1-2-9-6;/h3H,1-2,5-6H2,(H,7,8);1H/t3-;/m0./s1. The van der Waals surface area contributed by atoms with Crippen LogP contribution < -0.4 is 11.6 Å². The molecule has 0 aliphatic heterocycles. The van der Waals surface area contributed by atoms with Gasteiger partial charge >= 0.3 is 5.97 Å². The number of aliphatic carboxylic acids is 1. The van der Waals surface area contributed by atoms with Crippen molar-refractivity contribution in [3.8, 4) is 0 Å². The average molecular weight is 171 g/mol. The summed E-state index contributed by atoms with van der Waals surface area (Å²) < 4.78 is 0. The Balaban J connectivity index is 0. The van der Waals surface area contributed by atoms with Gasteiger partial charge in [0.25, 0.3) is 0 Å². The summed E-state index contributed by atoms with van der Waals surface area (Å²) in [7, 11) is 0. The van der Waals surface area contributed by atoms with Gasteiger partial charge < -0.3 is 15.7 Å². The van der Waals surface area contributed by atoms with Crippen molar-refractivity contribution >= 4 is 18.4 Å². The molecule has 0 aliphatic carbocycles. The van der Waals surface area contributed by atoms with E-state index in [0.29, 0.717) is 0 Å². The third kappa shape index (κ3) is 5.77. The predicted octanol–water partition coefficient (Wildman–Crippen LogP) is -0.899. The number of carboxylic acids is 1. The summed E-state index contributed by atoms with van der Waals surface area (Å²) in [5.41, 5.74) is 5.07. The fraction of sp³-hybridized carbons (Fsp3) is 0.750. The first-order valence-electron chi connectivity index (χ1n) is 2.48. The Morgan fingerprint density at radius 1 is 1.70 bits per heavy atom. The van der Waals surface area contributed by atoms with Crippen molar-refractivity contribution in [3.05, 3.63) is 0 Å². The zero-order valence-corrected chi connectivity index (χ0v) is 6.13. The minimum atomic E-state index is -1.04. The molecular formula is C4H11ClN2O3. The van der Waals surface area contributed by atoms with E-state index in [2.05, 4.69) is 10.7 Å². The van der Waals surface area contributed by atoms with E-state index < -0.39 is 12.0 Å². The van der Waals surface area contributed by atoms with Gasteiger partial charge in [0.1, 0.15) is 6.04 Å². The van der Waals surface area contributed by atoms with Crippen molar-refractivity contribution in [2.24, 2.45) is 11.6 Å². The quantitative estimate of drug-likeness (QED) is 0.475. The molecule has 0 bridgehead atoms. The summed E-state index contributed by atoms with van der Waals surface area (Å²) >= 11 is 0. The molecule has 0 saturated heterocycles. The summed E-state index contributed by atoms with van der Waals surface area (Å²) in [4.78, 5) is 14.1. The summed E-state index contributed by atoms with van der Waals surface area (Å²) in [6.45, 7) is 0.174. The molecule has 0 unspecified atom stereocenters. The molecule has 10 heavy (non-hydrogen) atoms. The Morgan fingerprint density at radius 2 is 2.20 bits per heavy atom. The SMILES string of the molecule is Cl.NOCC[C@H](N)C(=O)O. The topological polar surface area (TPSA) is 98.6 Å². The lowest BCUT2D eigenvalue weighted by molar-refractivity contribution is -0.139. The Kier molecular flexibility index (Phi) is 8.33. The number of carbonyl (C=O) groups is 1. The zero-order valence-electron chi connectivity index (χ0n) is 5.32. The lowest BCUT2D eigenvalue weighted by atomic mass is 10.2. The van der Waals surface area contributed by atoms with E-state index in [1.807, 2.05) is 0 Å². The van der Waals surface area contributed by atoms with E-state index in [1.54, 1.807) is 0 Å². The van der Waals surface area contributed by atoms with Crippen molar-refractivity contribution in [2.75, 3.05) is 6.61 Å². The number of rotatable bonds is 4. The van der Waals surface area contributed by atoms with E-state index in [0.717, 1.165) is 0 Å². The Hall–Kier alpha value is -0.360. The van der Waals surface area contributed by atoms with Crippen LogP contribution in [0.25, 0.3) is 0 Å². The molecule has 0 radical (unpaired) electrons. The number of hydrogen-bond acceptors (Lipinski definition) is 4. The van der Waals surface area contributed by atoms with E-state index in [9.17, 15) is 4.79 Å². The third-order valence-corrected chi connectivity index (χ3v) is 0.864. The number of carboxylic acid groups (broad SMARTS) is 1. The van der Waals surface area contributed by atoms with Crippen LogP contribution in [0.15, 0.2) is 0 Å². The van der Waals surface area contributed by atoms with Crippen LogP contribution in [0.4, 0.5) is 0 Å². The van der Waals surface area contributed by atoms with Crippen LogP contribution in [-0.2, 0) is 9.63 Å². The number of hydrogen-bond donors (Lipinski definition) is 3. The van der Waals surface area contributed by atoms with Gasteiger partial charge in [-0.05, 0) is 6.42 Å². The summed E-state index contributed by atoms with van der Waals surface area (Å²) in [5, 5.41) is 8.19. The van der Waals surface area contributed by atoms with Crippen LogP contribution in [-0.4, -0.2) is 23.7 Å². The van der Waals surface area contributed by atoms with Crippen molar-refractivity contribution in [2.45, 2.75) is 12.5 Å². The predicted molar refractivity (Wildman–Crippen MR) is 37.6 cm³/mol. The minimum absolute atomic E-state index is 0. The second-order valence-corrected chi connectivity index (χ2v) is 1.60. The van der Waals surface area contributed by atoms with Crippen LogP contribution in [0.5, 0.6) is 0 Å². The molecule has 0 spiro atoms. The molecule has 1 atom stereocenters. The van der Waals surface area contributed by atoms with E-state index in [4.69, 9.17) is 10.8 Å². The van der Waals surface area contributed by atoms with Gasteiger partial charge in [0.2, 0.25) is 0 Å². The zero-order chi connectivity index (χ0) is 7.28. The molecule has 5 nitrogen and oxygen atoms in total. The highest BCUT2D eigenvalue weighted by molar-refractivity contribution is 5.85. The summed E-state index contributed by atoms with van der Waals surface area (Å²) in [6.07, 6.45) is 0.242. The molecule has 0 rings (SSSR count). The van der Waals surface area contributed by atoms with E-state index in [1.165, 1.54) is 0 Å². The molecule has 0 aliphatic rings. The second kappa shape index (κ2) is 6.76. The second-order valence-electron chi connectivity index (χ2n) is 1.60. The lowest BCUT2D eigenvalue weighted by Crippen LogP contribution is -2.31. The maximum absolute atomic E-state index is 9.98. The van der Waals surface area contributed by atoms with Crippen molar-refractivity contribution in [3.63, 3.8) is 0 Å². The maximum atomic E-state index is 9.98. The van der Waals surface area contributed by atoms with Gasteiger partial charge in [0, 0.05) is 0 Å². The van der Waals surface area contributed by atoms with Gasteiger partial charge in [-0.3, -0.25) is 4.79 Å². The van der Waals surface area contributed by atoms with Gasteiger partial charge in [-0.1, -0.05) is 0 Å². The normalized spacial score (nSPS) is 11.8. The van der Waals surface area contributed by atoms with Gasteiger partial charge in [-0.25, -0.2) is 5.90 Å². The van der Waals surface area contributed by atoms with Crippen LogP contribution in [0.3, 0.4) is 0 Å².